The molecule has 2 aromatic heterocycles. The minimum absolute atomic E-state index is 0.0347. The van der Waals surface area contributed by atoms with Crippen LogP contribution in [0.3, 0.4) is 0 Å². The van der Waals surface area contributed by atoms with Crippen LogP contribution in [0.25, 0.3) is 5.52 Å². The molecule has 3 aliphatic heterocycles. The van der Waals surface area contributed by atoms with E-state index in [-0.39, 0.29) is 5.91 Å². The summed E-state index contributed by atoms with van der Waals surface area (Å²) in [7, 11) is 0. The highest BCUT2D eigenvalue weighted by Gasteiger charge is 2.35. The lowest BCUT2D eigenvalue weighted by molar-refractivity contribution is -0.165. The highest BCUT2D eigenvalue weighted by molar-refractivity contribution is 5.95. The Labute approximate surface area is 171 Å². The number of hydrogen-bond acceptors (Lipinski definition) is 7. The van der Waals surface area contributed by atoms with Gasteiger partial charge >= 0.3 is 11.9 Å². The van der Waals surface area contributed by atoms with Gasteiger partial charge in [-0.1, -0.05) is 0 Å². The lowest BCUT2D eigenvalue weighted by Gasteiger charge is -2.44. The maximum absolute atomic E-state index is 12.4. The van der Waals surface area contributed by atoms with Gasteiger partial charge in [-0.3, -0.25) is 4.79 Å². The molecule has 5 rings (SSSR count). The van der Waals surface area contributed by atoms with E-state index >= 15 is 0 Å². The van der Waals surface area contributed by atoms with Gasteiger partial charge in [-0.15, -0.1) is 0 Å². The fourth-order valence-corrected chi connectivity index (χ4v) is 3.71. The minimum atomic E-state index is -2.27. The zero-order chi connectivity index (χ0) is 21.8. The van der Waals surface area contributed by atoms with Crippen LogP contribution in [0, 0.1) is 5.92 Å². The van der Waals surface area contributed by atoms with Crippen molar-refractivity contribution in [1.82, 2.24) is 19.6 Å². The molecule has 5 heterocycles. The molecular formula is C19H24N4O7. The average Bonchev–Trinajstić information content (AvgIpc) is 3.21. The standard InChI is InChI=1S/C15H18N4O.C4H6O6/c20-15(12-3-6-19-10-16-8-13(19)7-12)17-14-9-18-4-1-11(14)2-5-18;5-1(3(7)8)2(6)4(9)10/h3,6-8,10-11,14H,1-2,4-5,9H2,(H,17,20);1-2,5-6H,(H,7,8)(H,9,10)/t14-;/m0./s1. The zero-order valence-electron chi connectivity index (χ0n) is 16.1. The van der Waals surface area contributed by atoms with E-state index < -0.39 is 24.1 Å². The molecule has 11 heteroatoms. The Balaban J connectivity index is 0.000000220. The number of carbonyl (C=O) groups excluding carboxylic acids is 1. The highest BCUT2D eigenvalue weighted by Crippen LogP contribution is 2.27. The summed E-state index contributed by atoms with van der Waals surface area (Å²) in [5, 5.41) is 35.7. The summed E-state index contributed by atoms with van der Waals surface area (Å²) in [5.74, 6) is -2.85. The molecule has 5 N–H and O–H groups in total. The third-order valence-electron chi connectivity index (χ3n) is 5.45. The summed E-state index contributed by atoms with van der Waals surface area (Å²) in [6, 6.07) is 4.06. The Kier molecular flexibility index (Phi) is 6.65. The fourth-order valence-electron chi connectivity index (χ4n) is 3.71. The summed E-state index contributed by atoms with van der Waals surface area (Å²) in [6.07, 6.45) is 3.29. The van der Waals surface area contributed by atoms with Crippen LogP contribution < -0.4 is 5.32 Å². The molecule has 11 nitrogen and oxygen atoms in total. The van der Waals surface area contributed by atoms with E-state index in [4.69, 9.17) is 20.4 Å². The molecule has 2 aromatic rings. The van der Waals surface area contributed by atoms with Gasteiger partial charge in [-0.2, -0.15) is 0 Å². The molecule has 3 fully saturated rings. The molecule has 0 radical (unpaired) electrons. The monoisotopic (exact) mass is 420 g/mol. The van der Waals surface area contributed by atoms with Gasteiger partial charge in [-0.25, -0.2) is 14.6 Å². The lowest BCUT2D eigenvalue weighted by Crippen LogP contribution is -2.57. The molecule has 162 valence electrons. The van der Waals surface area contributed by atoms with Gasteiger partial charge < -0.3 is 35.0 Å². The average molecular weight is 420 g/mol. The number of piperidine rings is 3. The van der Waals surface area contributed by atoms with Crippen LogP contribution in [0.2, 0.25) is 0 Å². The molecule has 2 bridgehead atoms. The van der Waals surface area contributed by atoms with Crippen LogP contribution in [0.4, 0.5) is 0 Å². The third kappa shape index (κ3) is 4.93. The van der Waals surface area contributed by atoms with Gasteiger partial charge in [-0.05, 0) is 44.0 Å². The molecule has 3 atom stereocenters. The second-order valence-electron chi connectivity index (χ2n) is 7.43. The van der Waals surface area contributed by atoms with E-state index in [9.17, 15) is 14.4 Å². The number of rotatable bonds is 5. The molecule has 0 aromatic carbocycles. The van der Waals surface area contributed by atoms with Crippen molar-refractivity contribution in [1.29, 1.82) is 0 Å². The number of nitrogens with zero attached hydrogens (tertiary/aromatic N) is 3. The molecule has 2 unspecified atom stereocenters. The van der Waals surface area contributed by atoms with Crippen LogP contribution in [0.1, 0.15) is 23.2 Å². The van der Waals surface area contributed by atoms with E-state index in [2.05, 4.69) is 15.2 Å². The number of nitrogens with one attached hydrogen (secondary N) is 1. The summed E-state index contributed by atoms with van der Waals surface area (Å²) in [5.41, 5.74) is 1.67. The normalized spacial score (nSPS) is 24.4. The number of aliphatic hydroxyl groups excluding tert-OH is 2. The molecule has 0 saturated carbocycles. The van der Waals surface area contributed by atoms with Crippen molar-refractivity contribution >= 4 is 23.4 Å². The van der Waals surface area contributed by atoms with E-state index in [1.165, 1.54) is 25.9 Å². The SMILES string of the molecule is O=C(N[C@H]1CN2CCC1CC2)c1ccn2cncc2c1.O=C(O)C(O)C(O)C(=O)O. The Morgan fingerprint density at radius 2 is 1.73 bits per heavy atom. The van der Waals surface area contributed by atoms with Gasteiger partial charge in [0.1, 0.15) is 0 Å². The predicted octanol–water partition coefficient (Wildman–Crippen LogP) is -0.964. The number of imidazole rings is 1. The number of aromatic nitrogens is 2. The van der Waals surface area contributed by atoms with Gasteiger partial charge in [0, 0.05) is 24.3 Å². The van der Waals surface area contributed by atoms with Gasteiger partial charge in [0.05, 0.1) is 18.0 Å². The number of carboxylic acid groups (broad SMARTS) is 2. The molecule has 0 aliphatic carbocycles. The van der Waals surface area contributed by atoms with Crippen LogP contribution in [-0.4, -0.2) is 90.4 Å². The predicted molar refractivity (Wildman–Crippen MR) is 103 cm³/mol. The number of aliphatic carboxylic acids is 2. The lowest BCUT2D eigenvalue weighted by atomic mass is 9.84. The maximum Gasteiger partial charge on any atom is 0.335 e. The van der Waals surface area contributed by atoms with Crippen molar-refractivity contribution in [3.63, 3.8) is 0 Å². The molecule has 3 aliphatic rings. The summed E-state index contributed by atoms with van der Waals surface area (Å²) < 4.78 is 1.91. The van der Waals surface area contributed by atoms with Gasteiger partial charge in [0.2, 0.25) is 0 Å². The zero-order valence-corrected chi connectivity index (χ0v) is 16.1. The summed E-state index contributed by atoms with van der Waals surface area (Å²) in [6.45, 7) is 3.39. The van der Waals surface area contributed by atoms with Crippen LogP contribution in [0.5, 0.6) is 0 Å². The number of pyridine rings is 1. The second-order valence-corrected chi connectivity index (χ2v) is 7.43. The Morgan fingerprint density at radius 1 is 1.10 bits per heavy atom. The molecule has 3 saturated heterocycles. The highest BCUT2D eigenvalue weighted by atomic mass is 16.4. The quantitative estimate of drug-likeness (QED) is 0.409. The number of aliphatic hydroxyl groups is 2. The first-order valence-corrected chi connectivity index (χ1v) is 9.53. The number of hydrogen-bond donors (Lipinski definition) is 5. The number of fused-ring (bicyclic) bond motifs is 4. The van der Waals surface area contributed by atoms with Crippen molar-refractivity contribution in [2.45, 2.75) is 31.1 Å². The Hall–Kier alpha value is -3.02. The second kappa shape index (κ2) is 9.20. The first-order valence-electron chi connectivity index (χ1n) is 9.53. The van der Waals surface area contributed by atoms with E-state index in [1.807, 2.05) is 22.7 Å². The summed E-state index contributed by atoms with van der Waals surface area (Å²) >= 11 is 0. The number of carboxylic acids is 2. The van der Waals surface area contributed by atoms with E-state index in [1.54, 1.807) is 12.5 Å². The van der Waals surface area contributed by atoms with Crippen LogP contribution >= 0.6 is 0 Å². The summed E-state index contributed by atoms with van der Waals surface area (Å²) in [4.78, 5) is 38.5. The Bertz CT molecular complexity index is 904. The minimum Gasteiger partial charge on any atom is -0.479 e. The largest absolute Gasteiger partial charge is 0.479 e. The topological polar surface area (TPSA) is 165 Å². The van der Waals surface area contributed by atoms with Crippen molar-refractivity contribution in [2.75, 3.05) is 19.6 Å². The van der Waals surface area contributed by atoms with Crippen LogP contribution in [-0.2, 0) is 9.59 Å². The first kappa shape index (κ1) is 21.7. The van der Waals surface area contributed by atoms with Crippen molar-refractivity contribution in [3.05, 3.63) is 36.4 Å². The smallest absolute Gasteiger partial charge is 0.335 e. The van der Waals surface area contributed by atoms with Gasteiger partial charge in [0.25, 0.3) is 5.91 Å². The number of carbonyl (C=O) groups is 3. The Morgan fingerprint density at radius 3 is 2.27 bits per heavy atom. The fraction of sp³-hybridized carbons (Fsp3) is 0.474. The number of amides is 1. The van der Waals surface area contributed by atoms with Crippen molar-refractivity contribution in [2.24, 2.45) is 5.92 Å². The third-order valence-corrected chi connectivity index (χ3v) is 5.45. The van der Waals surface area contributed by atoms with Crippen molar-refractivity contribution < 1.29 is 34.8 Å². The van der Waals surface area contributed by atoms with Crippen LogP contribution in [0.15, 0.2) is 30.9 Å². The van der Waals surface area contributed by atoms with Crippen molar-refractivity contribution in [3.8, 4) is 0 Å². The van der Waals surface area contributed by atoms with E-state index in [0.717, 1.165) is 17.6 Å². The molecule has 0 spiro atoms. The maximum atomic E-state index is 12.4. The first-order chi connectivity index (χ1) is 14.3. The molecule has 1 amide bonds. The van der Waals surface area contributed by atoms with E-state index in [0.29, 0.717) is 12.0 Å². The molecular weight excluding hydrogens is 396 g/mol. The van der Waals surface area contributed by atoms with Gasteiger partial charge in [0.15, 0.2) is 12.2 Å². The molecule has 30 heavy (non-hydrogen) atoms.